The van der Waals surface area contributed by atoms with E-state index in [0.717, 1.165) is 61.1 Å². The Morgan fingerprint density at radius 2 is 1.89 bits per heavy atom. The molecule has 0 bridgehead atoms. The summed E-state index contributed by atoms with van der Waals surface area (Å²) in [7, 11) is 0. The predicted molar refractivity (Wildman–Crippen MR) is 139 cm³/mol. The Morgan fingerprint density at radius 3 is 2.70 bits per heavy atom. The molecule has 3 N–H and O–H groups in total. The molecule has 190 valence electrons. The fourth-order valence-electron chi connectivity index (χ4n) is 5.09. The average Bonchev–Trinajstić information content (AvgIpc) is 2.85. The van der Waals surface area contributed by atoms with Gasteiger partial charge in [-0.1, -0.05) is 6.42 Å². The Bertz CT molecular complexity index is 1440. The zero-order chi connectivity index (χ0) is 25.4. The van der Waals surface area contributed by atoms with E-state index in [9.17, 15) is 8.78 Å². The van der Waals surface area contributed by atoms with Crippen molar-refractivity contribution in [2.24, 2.45) is 0 Å². The maximum atomic E-state index is 14.1. The molecule has 4 aromatic heterocycles. The van der Waals surface area contributed by atoms with Crippen LogP contribution in [0.4, 0.5) is 26.2 Å². The quantitative estimate of drug-likeness (QED) is 0.305. The number of nitrogens with one attached hydrogen (secondary N) is 3. The number of halogens is 2. The highest BCUT2D eigenvalue weighted by Crippen LogP contribution is 2.41. The molecule has 0 radical (unpaired) electrons. The highest BCUT2D eigenvalue weighted by atomic mass is 19.1. The van der Waals surface area contributed by atoms with Gasteiger partial charge in [-0.25, -0.2) is 19.3 Å². The van der Waals surface area contributed by atoms with E-state index in [1.165, 1.54) is 12.0 Å². The van der Waals surface area contributed by atoms with Crippen molar-refractivity contribution < 1.29 is 8.78 Å². The van der Waals surface area contributed by atoms with Crippen molar-refractivity contribution in [3.63, 3.8) is 0 Å². The maximum absolute atomic E-state index is 14.1. The van der Waals surface area contributed by atoms with Crippen LogP contribution in [0.5, 0.6) is 0 Å². The number of hydrogen-bond acceptors (Lipinski definition) is 8. The Balaban J connectivity index is 1.40. The van der Waals surface area contributed by atoms with Gasteiger partial charge in [-0.2, -0.15) is 9.37 Å². The maximum Gasteiger partial charge on any atom is 0.214 e. The van der Waals surface area contributed by atoms with Gasteiger partial charge >= 0.3 is 0 Å². The van der Waals surface area contributed by atoms with Crippen molar-refractivity contribution in [2.45, 2.75) is 57.0 Å². The van der Waals surface area contributed by atoms with Crippen molar-refractivity contribution in [1.82, 2.24) is 30.2 Å². The van der Waals surface area contributed by atoms with Gasteiger partial charge in [0, 0.05) is 35.4 Å². The van der Waals surface area contributed by atoms with E-state index in [0.29, 0.717) is 35.2 Å². The van der Waals surface area contributed by atoms with Gasteiger partial charge in [-0.15, -0.1) is 0 Å². The molecule has 1 aliphatic carbocycles. The summed E-state index contributed by atoms with van der Waals surface area (Å²) in [5, 5.41) is 11.0. The van der Waals surface area contributed by atoms with E-state index in [2.05, 4.69) is 37.8 Å². The lowest BCUT2D eigenvalue weighted by molar-refractivity contribution is 0.396. The van der Waals surface area contributed by atoms with Crippen molar-refractivity contribution in [3.8, 4) is 11.4 Å². The normalized spacial score (nSPS) is 20.0. The number of pyridine rings is 3. The van der Waals surface area contributed by atoms with Gasteiger partial charge in [0.2, 0.25) is 5.95 Å². The molecule has 1 aliphatic heterocycles. The Morgan fingerprint density at radius 1 is 1.00 bits per heavy atom. The van der Waals surface area contributed by atoms with E-state index in [1.807, 2.05) is 6.20 Å². The smallest absolute Gasteiger partial charge is 0.214 e. The molecule has 5 heterocycles. The Kier molecular flexibility index (Phi) is 6.33. The van der Waals surface area contributed by atoms with Gasteiger partial charge in [0.25, 0.3) is 0 Å². The number of hydrogen-bond donors (Lipinski definition) is 3. The third-order valence-electron chi connectivity index (χ3n) is 7.22. The van der Waals surface area contributed by atoms with E-state index in [1.54, 1.807) is 24.5 Å². The first-order chi connectivity index (χ1) is 18.0. The van der Waals surface area contributed by atoms with Crippen LogP contribution in [-0.2, 0) is 0 Å². The van der Waals surface area contributed by atoms with Crippen molar-refractivity contribution in [2.75, 3.05) is 17.2 Å². The lowest BCUT2D eigenvalue weighted by atomic mass is 9.79. The first kappa shape index (κ1) is 23.6. The summed E-state index contributed by atoms with van der Waals surface area (Å²) in [5.41, 5.74) is 2.67. The molecule has 4 aromatic rings. The van der Waals surface area contributed by atoms with E-state index in [-0.39, 0.29) is 5.82 Å². The van der Waals surface area contributed by atoms with Gasteiger partial charge in [0.05, 0.1) is 11.7 Å². The van der Waals surface area contributed by atoms with Crippen LogP contribution in [-0.4, -0.2) is 43.5 Å². The van der Waals surface area contributed by atoms with Crippen molar-refractivity contribution in [1.29, 1.82) is 0 Å². The minimum absolute atomic E-state index is 0.235. The molecule has 0 spiro atoms. The molecule has 37 heavy (non-hydrogen) atoms. The van der Waals surface area contributed by atoms with Crippen LogP contribution in [0.25, 0.3) is 22.3 Å². The summed E-state index contributed by atoms with van der Waals surface area (Å²) in [4.78, 5) is 22.2. The molecule has 6 rings (SSSR count). The number of nitrogens with zero attached hydrogens (tertiary/aromatic N) is 5. The SMILES string of the molecule is C[C@H]1C[C@@H](Nc2nc(-c3ccnc(Nc4nc(F)ccc4F)c3)nc3cncc(C4CCC4)c23)CCN1. The topological polar surface area (TPSA) is 101 Å². The van der Waals surface area contributed by atoms with Gasteiger partial charge in [-0.3, -0.25) is 4.98 Å². The van der Waals surface area contributed by atoms with Crippen molar-refractivity contribution >= 4 is 28.4 Å². The van der Waals surface area contributed by atoms with Crippen LogP contribution in [0, 0.1) is 11.8 Å². The number of piperidine rings is 1. The molecule has 0 amide bonds. The summed E-state index contributed by atoms with van der Waals surface area (Å²) < 4.78 is 27.7. The largest absolute Gasteiger partial charge is 0.367 e. The highest BCUT2D eigenvalue weighted by Gasteiger charge is 2.26. The Hall–Kier alpha value is -3.79. The molecule has 8 nitrogen and oxygen atoms in total. The van der Waals surface area contributed by atoms with Crippen LogP contribution >= 0.6 is 0 Å². The minimum Gasteiger partial charge on any atom is -0.367 e. The van der Waals surface area contributed by atoms with Crippen molar-refractivity contribution in [3.05, 3.63) is 60.2 Å². The lowest BCUT2D eigenvalue weighted by Gasteiger charge is -2.31. The second-order valence-electron chi connectivity index (χ2n) is 9.89. The molecule has 1 saturated heterocycles. The summed E-state index contributed by atoms with van der Waals surface area (Å²) in [5.74, 6) is 0.407. The third-order valence-corrected chi connectivity index (χ3v) is 7.22. The summed E-state index contributed by atoms with van der Waals surface area (Å²) in [6.45, 7) is 3.15. The second kappa shape index (κ2) is 9.93. The number of fused-ring (bicyclic) bond motifs is 1. The van der Waals surface area contributed by atoms with Gasteiger partial charge in [0.1, 0.15) is 11.6 Å². The average molecular weight is 503 g/mol. The van der Waals surface area contributed by atoms with Crippen LogP contribution in [0.3, 0.4) is 0 Å². The monoisotopic (exact) mass is 502 g/mol. The summed E-state index contributed by atoms with van der Waals surface area (Å²) in [6.07, 6.45) is 10.8. The van der Waals surface area contributed by atoms with Crippen LogP contribution in [0.2, 0.25) is 0 Å². The number of aromatic nitrogens is 5. The predicted octanol–water partition coefficient (Wildman–Crippen LogP) is 5.32. The molecule has 10 heteroatoms. The summed E-state index contributed by atoms with van der Waals surface area (Å²) >= 11 is 0. The first-order valence-electron chi connectivity index (χ1n) is 12.7. The van der Waals surface area contributed by atoms with Gasteiger partial charge in [0.15, 0.2) is 17.5 Å². The molecule has 0 aromatic carbocycles. The second-order valence-corrected chi connectivity index (χ2v) is 9.89. The summed E-state index contributed by atoms with van der Waals surface area (Å²) in [6, 6.07) is 6.21. The van der Waals surface area contributed by atoms with Crippen LogP contribution in [0.15, 0.2) is 42.9 Å². The van der Waals surface area contributed by atoms with E-state index in [4.69, 9.17) is 9.97 Å². The van der Waals surface area contributed by atoms with E-state index < -0.39 is 11.8 Å². The van der Waals surface area contributed by atoms with Gasteiger partial charge in [-0.05, 0) is 74.9 Å². The zero-order valence-electron chi connectivity index (χ0n) is 20.5. The molecular weight excluding hydrogens is 474 g/mol. The molecule has 0 unspecified atom stereocenters. The highest BCUT2D eigenvalue weighted by molar-refractivity contribution is 5.93. The fraction of sp³-hybridized carbons (Fsp3) is 0.370. The number of anilines is 3. The standard InChI is InChI=1S/C27H28F2N8/c1-15-11-18(8-10-31-15)33-27-24-19(16-3-2-4-16)13-30-14-21(24)34-25(37-27)17-7-9-32-23(12-17)36-26-20(28)5-6-22(29)35-26/h5-7,9,12-16,18,31H,2-4,8,10-11H2,1H3,(H,32,35,36)(H,33,34,37)/t15-,18-/m0/s1. The third kappa shape index (κ3) is 4.93. The van der Waals surface area contributed by atoms with Gasteiger partial charge < -0.3 is 16.0 Å². The fourth-order valence-corrected chi connectivity index (χ4v) is 5.09. The number of rotatable bonds is 6. The minimum atomic E-state index is -0.782. The van der Waals surface area contributed by atoms with Crippen LogP contribution < -0.4 is 16.0 Å². The molecule has 2 fully saturated rings. The molecular formula is C27H28F2N8. The van der Waals surface area contributed by atoms with E-state index >= 15 is 0 Å². The molecule has 2 aliphatic rings. The molecule has 1 saturated carbocycles. The molecule has 2 atom stereocenters. The zero-order valence-corrected chi connectivity index (χ0v) is 20.5. The lowest BCUT2D eigenvalue weighted by Crippen LogP contribution is -2.41. The first-order valence-corrected chi connectivity index (χ1v) is 12.7. The Labute approximate surface area is 213 Å². The van der Waals surface area contributed by atoms with Crippen LogP contribution in [0.1, 0.15) is 50.5 Å².